The second-order valence-corrected chi connectivity index (χ2v) is 2.88. The molecule has 0 bridgehead atoms. The largest absolute Gasteiger partial charge is 0.411 e. The Labute approximate surface area is 75.1 Å². The highest BCUT2D eigenvalue weighted by Crippen LogP contribution is 2.14. The Morgan fingerprint density at radius 1 is 1.46 bits per heavy atom. The van der Waals surface area contributed by atoms with Gasteiger partial charge in [0.2, 0.25) is 0 Å². The van der Waals surface area contributed by atoms with Crippen LogP contribution in [0.5, 0.6) is 0 Å². The maximum absolute atomic E-state index is 11.6. The summed E-state index contributed by atoms with van der Waals surface area (Å²) in [5.41, 5.74) is 0. The van der Waals surface area contributed by atoms with Crippen LogP contribution in [0.15, 0.2) is 0 Å². The van der Waals surface area contributed by atoms with Crippen molar-refractivity contribution in [1.29, 1.82) is 0 Å². The third-order valence-corrected chi connectivity index (χ3v) is 1.67. The number of hydrogen-bond acceptors (Lipinski definition) is 2. The standard InChI is InChI=1S/C8H13F3O2/c1-3-6(2)7(12)4-13-5-8(9,10)11/h6H,3-5H2,1-2H3. The van der Waals surface area contributed by atoms with Gasteiger partial charge >= 0.3 is 6.18 Å². The minimum absolute atomic E-state index is 0.228. The lowest BCUT2D eigenvalue weighted by Gasteiger charge is -2.09. The van der Waals surface area contributed by atoms with Crippen molar-refractivity contribution in [3.8, 4) is 0 Å². The number of hydrogen-bond donors (Lipinski definition) is 0. The zero-order valence-electron chi connectivity index (χ0n) is 7.65. The monoisotopic (exact) mass is 198 g/mol. The minimum Gasteiger partial charge on any atom is -0.364 e. The van der Waals surface area contributed by atoms with Crippen LogP contribution in [0, 0.1) is 5.92 Å². The molecule has 1 unspecified atom stereocenters. The van der Waals surface area contributed by atoms with Gasteiger partial charge in [-0.05, 0) is 6.42 Å². The highest BCUT2D eigenvalue weighted by atomic mass is 19.4. The normalized spacial score (nSPS) is 14.2. The molecule has 0 aromatic rings. The zero-order chi connectivity index (χ0) is 10.5. The van der Waals surface area contributed by atoms with E-state index in [1.807, 2.05) is 0 Å². The first-order valence-corrected chi connectivity index (χ1v) is 4.04. The molecule has 0 aliphatic rings. The molecular formula is C8H13F3O2. The number of Topliss-reactive ketones (excluding diaryl/α,β-unsaturated/α-hetero) is 1. The van der Waals surface area contributed by atoms with Crippen molar-refractivity contribution in [2.45, 2.75) is 26.4 Å². The van der Waals surface area contributed by atoms with Crippen LogP contribution in [0.3, 0.4) is 0 Å². The molecule has 0 N–H and O–H groups in total. The molecule has 1 atom stereocenters. The van der Waals surface area contributed by atoms with Gasteiger partial charge in [0, 0.05) is 5.92 Å². The first-order chi connectivity index (χ1) is 5.87. The summed E-state index contributed by atoms with van der Waals surface area (Å²) >= 11 is 0. The van der Waals surface area contributed by atoms with Gasteiger partial charge in [0.15, 0.2) is 5.78 Å². The van der Waals surface area contributed by atoms with E-state index in [9.17, 15) is 18.0 Å². The topological polar surface area (TPSA) is 26.3 Å². The SMILES string of the molecule is CCC(C)C(=O)COCC(F)(F)F. The molecule has 0 aliphatic carbocycles. The maximum atomic E-state index is 11.6. The van der Waals surface area contributed by atoms with Crippen LogP contribution in [-0.2, 0) is 9.53 Å². The van der Waals surface area contributed by atoms with E-state index < -0.39 is 19.4 Å². The second kappa shape index (κ2) is 5.21. The van der Waals surface area contributed by atoms with Crippen molar-refractivity contribution in [3.05, 3.63) is 0 Å². The number of carbonyl (C=O) groups excluding carboxylic acids is 1. The zero-order valence-corrected chi connectivity index (χ0v) is 7.65. The molecule has 0 saturated carbocycles. The predicted molar refractivity (Wildman–Crippen MR) is 41.3 cm³/mol. The van der Waals surface area contributed by atoms with E-state index in [4.69, 9.17) is 0 Å². The number of rotatable bonds is 5. The molecule has 0 heterocycles. The van der Waals surface area contributed by atoms with Crippen molar-refractivity contribution in [2.24, 2.45) is 5.92 Å². The number of ketones is 1. The molecule has 0 fully saturated rings. The number of halogens is 3. The Bertz CT molecular complexity index is 165. The Kier molecular flexibility index (Phi) is 4.98. The lowest BCUT2D eigenvalue weighted by Crippen LogP contribution is -2.23. The molecule has 0 aliphatic heterocycles. The van der Waals surface area contributed by atoms with Crippen molar-refractivity contribution >= 4 is 5.78 Å². The Morgan fingerprint density at radius 2 is 2.00 bits per heavy atom. The van der Waals surface area contributed by atoms with E-state index in [1.165, 1.54) is 0 Å². The molecule has 0 amide bonds. The van der Waals surface area contributed by atoms with Crippen LogP contribution in [0.2, 0.25) is 0 Å². The van der Waals surface area contributed by atoms with Crippen LogP contribution in [0.4, 0.5) is 13.2 Å². The summed E-state index contributed by atoms with van der Waals surface area (Å²) in [7, 11) is 0. The summed E-state index contributed by atoms with van der Waals surface area (Å²) in [6.45, 7) is 1.66. The number of ether oxygens (including phenoxy) is 1. The van der Waals surface area contributed by atoms with Crippen LogP contribution in [0.1, 0.15) is 20.3 Å². The number of carbonyl (C=O) groups is 1. The molecule has 2 nitrogen and oxygen atoms in total. The highest BCUT2D eigenvalue weighted by Gasteiger charge is 2.28. The van der Waals surface area contributed by atoms with Gasteiger partial charge in [0.1, 0.15) is 13.2 Å². The molecule has 0 radical (unpaired) electrons. The lowest BCUT2D eigenvalue weighted by molar-refractivity contribution is -0.175. The molecule has 78 valence electrons. The fourth-order valence-corrected chi connectivity index (χ4v) is 0.637. The maximum Gasteiger partial charge on any atom is 0.411 e. The van der Waals surface area contributed by atoms with Crippen LogP contribution in [-0.4, -0.2) is 25.2 Å². The van der Waals surface area contributed by atoms with Crippen molar-refractivity contribution in [1.82, 2.24) is 0 Å². The smallest absolute Gasteiger partial charge is 0.364 e. The summed E-state index contributed by atoms with van der Waals surface area (Å²) in [5, 5.41) is 0. The van der Waals surface area contributed by atoms with Crippen LogP contribution in [0.25, 0.3) is 0 Å². The predicted octanol–water partition coefficient (Wildman–Crippen LogP) is 2.18. The first-order valence-electron chi connectivity index (χ1n) is 4.04. The highest BCUT2D eigenvalue weighted by molar-refractivity contribution is 5.81. The molecular weight excluding hydrogens is 185 g/mol. The van der Waals surface area contributed by atoms with Gasteiger partial charge in [-0.2, -0.15) is 13.2 Å². The summed E-state index contributed by atoms with van der Waals surface area (Å²) in [5.74, 6) is -0.514. The van der Waals surface area contributed by atoms with Gasteiger partial charge in [-0.15, -0.1) is 0 Å². The van der Waals surface area contributed by atoms with E-state index in [-0.39, 0.29) is 11.7 Å². The lowest BCUT2D eigenvalue weighted by atomic mass is 10.1. The van der Waals surface area contributed by atoms with E-state index in [0.29, 0.717) is 6.42 Å². The van der Waals surface area contributed by atoms with Crippen LogP contribution >= 0.6 is 0 Å². The van der Waals surface area contributed by atoms with E-state index in [1.54, 1.807) is 13.8 Å². The fraction of sp³-hybridized carbons (Fsp3) is 0.875. The van der Waals surface area contributed by atoms with Crippen molar-refractivity contribution in [3.63, 3.8) is 0 Å². The van der Waals surface area contributed by atoms with Crippen LogP contribution < -0.4 is 0 Å². The average Bonchev–Trinajstić information content (AvgIpc) is 2.00. The van der Waals surface area contributed by atoms with Gasteiger partial charge in [-0.3, -0.25) is 4.79 Å². The third-order valence-electron chi connectivity index (χ3n) is 1.67. The Morgan fingerprint density at radius 3 is 2.38 bits per heavy atom. The van der Waals surface area contributed by atoms with E-state index in [0.717, 1.165) is 0 Å². The molecule has 0 aromatic carbocycles. The fourth-order valence-electron chi connectivity index (χ4n) is 0.637. The van der Waals surface area contributed by atoms with E-state index in [2.05, 4.69) is 4.74 Å². The molecule has 13 heavy (non-hydrogen) atoms. The van der Waals surface area contributed by atoms with Gasteiger partial charge in [-0.25, -0.2) is 0 Å². The second-order valence-electron chi connectivity index (χ2n) is 2.88. The molecule has 0 rings (SSSR count). The number of alkyl halides is 3. The molecule has 0 saturated heterocycles. The van der Waals surface area contributed by atoms with Gasteiger partial charge < -0.3 is 4.74 Å². The summed E-state index contributed by atoms with van der Waals surface area (Å²) < 4.78 is 38.9. The molecule has 0 spiro atoms. The average molecular weight is 198 g/mol. The third kappa shape index (κ3) is 6.57. The van der Waals surface area contributed by atoms with Gasteiger partial charge in [0.25, 0.3) is 0 Å². The Hall–Kier alpha value is -0.580. The molecule has 5 heteroatoms. The van der Waals surface area contributed by atoms with Crippen molar-refractivity contribution in [2.75, 3.05) is 13.2 Å². The summed E-state index contributed by atoms with van der Waals surface area (Å²) in [6.07, 6.45) is -3.73. The van der Waals surface area contributed by atoms with Crippen molar-refractivity contribution < 1.29 is 22.7 Å². The summed E-state index contributed by atoms with van der Waals surface area (Å²) in [6, 6.07) is 0. The Balaban J connectivity index is 3.60. The summed E-state index contributed by atoms with van der Waals surface area (Å²) in [4.78, 5) is 11.0. The minimum atomic E-state index is -4.35. The van der Waals surface area contributed by atoms with Gasteiger partial charge in [-0.1, -0.05) is 13.8 Å². The quantitative estimate of drug-likeness (QED) is 0.676. The first kappa shape index (κ1) is 12.4. The van der Waals surface area contributed by atoms with E-state index >= 15 is 0 Å². The molecule has 0 aromatic heterocycles. The van der Waals surface area contributed by atoms with Gasteiger partial charge in [0.05, 0.1) is 0 Å².